The van der Waals surface area contributed by atoms with Gasteiger partial charge in [0.15, 0.2) is 0 Å². The van der Waals surface area contributed by atoms with Crippen LogP contribution in [0.2, 0.25) is 13.1 Å². The summed E-state index contributed by atoms with van der Waals surface area (Å²) >= 11 is 3.93. The summed E-state index contributed by atoms with van der Waals surface area (Å²) in [6.45, 7) is 14.4. The normalized spacial score (nSPS) is 22.9. The Labute approximate surface area is 148 Å². The second-order valence-electron chi connectivity index (χ2n) is 7.82. The third-order valence-electron chi connectivity index (χ3n) is 5.57. The van der Waals surface area contributed by atoms with Crippen LogP contribution in [0.4, 0.5) is 0 Å². The first-order chi connectivity index (χ1) is 10.8. The Morgan fingerprint density at radius 2 is 1.13 bits per heavy atom. The summed E-state index contributed by atoms with van der Waals surface area (Å²) < 4.78 is 0. The fourth-order valence-corrected chi connectivity index (χ4v) is 12.3. The average Bonchev–Trinajstić information content (AvgIpc) is 3.06. The summed E-state index contributed by atoms with van der Waals surface area (Å²) in [7, 11) is -1.56. The number of hydrogen-bond donors (Lipinski definition) is 0. The number of fused-ring (bicyclic) bond motifs is 2. The van der Waals surface area contributed by atoms with Gasteiger partial charge in [-0.15, -0.1) is 22.7 Å². The van der Waals surface area contributed by atoms with Crippen LogP contribution in [0.3, 0.4) is 0 Å². The van der Waals surface area contributed by atoms with E-state index < -0.39 is 8.07 Å². The van der Waals surface area contributed by atoms with E-state index in [1.54, 1.807) is 22.3 Å². The first-order valence-electron chi connectivity index (χ1n) is 8.36. The van der Waals surface area contributed by atoms with E-state index in [1.807, 2.05) is 22.7 Å². The van der Waals surface area contributed by atoms with E-state index in [2.05, 4.69) is 65.1 Å². The summed E-state index contributed by atoms with van der Waals surface area (Å²) in [5.74, 6) is 0. The van der Waals surface area contributed by atoms with Gasteiger partial charge in [-0.1, -0.05) is 24.2 Å². The van der Waals surface area contributed by atoms with Crippen LogP contribution in [0, 0.1) is 13.8 Å². The van der Waals surface area contributed by atoms with Crippen molar-refractivity contribution < 1.29 is 0 Å². The van der Waals surface area contributed by atoms with Crippen LogP contribution in [-0.4, -0.2) is 8.07 Å². The van der Waals surface area contributed by atoms with Crippen molar-refractivity contribution in [2.24, 2.45) is 0 Å². The summed E-state index contributed by atoms with van der Waals surface area (Å²) in [6.07, 6.45) is 4.92. The fraction of sp³-hybridized carbons (Fsp3) is 0.400. The van der Waals surface area contributed by atoms with E-state index in [1.165, 1.54) is 19.5 Å². The lowest BCUT2D eigenvalue weighted by Crippen LogP contribution is -2.42. The molecule has 23 heavy (non-hydrogen) atoms. The maximum Gasteiger partial charge on any atom is 0.0722 e. The number of aryl methyl sites for hydroxylation is 2. The van der Waals surface area contributed by atoms with Crippen LogP contribution in [0.1, 0.15) is 55.6 Å². The zero-order valence-corrected chi connectivity index (χ0v) is 17.4. The van der Waals surface area contributed by atoms with Crippen LogP contribution >= 0.6 is 22.7 Å². The molecule has 2 aromatic heterocycles. The lowest BCUT2D eigenvalue weighted by molar-refractivity contribution is 0.972. The van der Waals surface area contributed by atoms with Gasteiger partial charge in [0.2, 0.25) is 0 Å². The Morgan fingerprint density at radius 1 is 0.739 bits per heavy atom. The van der Waals surface area contributed by atoms with Crippen LogP contribution in [0.5, 0.6) is 0 Å². The molecule has 2 aliphatic carbocycles. The molecule has 120 valence electrons. The molecule has 2 aromatic rings. The summed E-state index contributed by atoms with van der Waals surface area (Å²) in [5.41, 5.74) is 7.76. The highest BCUT2D eigenvalue weighted by molar-refractivity contribution is 7.13. The van der Waals surface area contributed by atoms with Crippen molar-refractivity contribution >= 4 is 42.9 Å². The maximum atomic E-state index is 2.61. The summed E-state index contributed by atoms with van der Waals surface area (Å²) in [5, 5.41) is 0. The van der Waals surface area contributed by atoms with Gasteiger partial charge in [0.1, 0.15) is 0 Å². The van der Waals surface area contributed by atoms with Crippen molar-refractivity contribution in [1.29, 1.82) is 0 Å². The van der Waals surface area contributed by atoms with Gasteiger partial charge in [-0.3, -0.25) is 0 Å². The molecule has 3 heteroatoms. The molecule has 0 nitrogen and oxygen atoms in total. The second-order valence-corrected chi connectivity index (χ2v) is 15.2. The number of rotatable bonds is 2. The van der Waals surface area contributed by atoms with E-state index in [0.717, 1.165) is 0 Å². The van der Waals surface area contributed by atoms with E-state index >= 15 is 0 Å². The molecule has 0 aliphatic heterocycles. The molecule has 0 spiro atoms. The molecular weight excluding hydrogens is 332 g/mol. The third kappa shape index (κ3) is 2.20. The Hall–Kier alpha value is -0.903. The topological polar surface area (TPSA) is 0 Å². The fourth-order valence-electron chi connectivity index (χ4n) is 4.99. The van der Waals surface area contributed by atoms with Crippen molar-refractivity contribution in [2.45, 2.75) is 51.9 Å². The second kappa shape index (κ2) is 5.04. The zero-order chi connectivity index (χ0) is 16.5. The van der Waals surface area contributed by atoms with E-state index in [9.17, 15) is 0 Å². The van der Waals surface area contributed by atoms with Crippen molar-refractivity contribution in [2.75, 3.05) is 0 Å². The van der Waals surface area contributed by atoms with Gasteiger partial charge in [-0.2, -0.15) is 0 Å². The molecule has 0 aromatic carbocycles. The molecule has 0 saturated carbocycles. The molecule has 2 heterocycles. The molecule has 0 amide bonds. The Balaban J connectivity index is 1.82. The average molecular weight is 357 g/mol. The van der Waals surface area contributed by atoms with Gasteiger partial charge >= 0.3 is 0 Å². The maximum absolute atomic E-state index is 2.61. The molecule has 2 atom stereocenters. The Bertz CT molecular complexity index is 790. The van der Waals surface area contributed by atoms with Crippen LogP contribution in [0.15, 0.2) is 23.3 Å². The molecule has 2 aliphatic rings. The van der Waals surface area contributed by atoms with E-state index in [-0.39, 0.29) is 0 Å². The van der Waals surface area contributed by atoms with Gasteiger partial charge in [-0.05, 0) is 63.1 Å². The summed E-state index contributed by atoms with van der Waals surface area (Å²) in [4.78, 5) is 5.96. The minimum absolute atomic E-state index is 0.668. The van der Waals surface area contributed by atoms with E-state index in [0.29, 0.717) is 11.1 Å². The van der Waals surface area contributed by atoms with Gasteiger partial charge < -0.3 is 0 Å². The monoisotopic (exact) mass is 356 g/mol. The highest BCUT2D eigenvalue weighted by Crippen LogP contribution is 2.54. The first kappa shape index (κ1) is 15.6. The Kier molecular flexibility index (Phi) is 3.42. The highest BCUT2D eigenvalue weighted by atomic mass is 32.1. The SMILES string of the molecule is CC1=Cc2sc(C)cc2C1[Si](C)(C)C1C(C)=Cc2sc(C)cc21. The van der Waals surface area contributed by atoms with Gasteiger partial charge in [0, 0.05) is 30.6 Å². The summed E-state index contributed by atoms with van der Waals surface area (Å²) in [6, 6.07) is 4.92. The largest absolute Gasteiger partial charge is 0.141 e. The molecule has 0 radical (unpaired) electrons. The van der Waals surface area contributed by atoms with Crippen LogP contribution in [0.25, 0.3) is 12.2 Å². The highest BCUT2D eigenvalue weighted by Gasteiger charge is 2.47. The van der Waals surface area contributed by atoms with Crippen molar-refractivity contribution in [3.05, 3.63) is 53.9 Å². The Morgan fingerprint density at radius 3 is 1.52 bits per heavy atom. The number of thiophene rings is 2. The lowest BCUT2D eigenvalue weighted by Gasteiger charge is -2.38. The minimum Gasteiger partial charge on any atom is -0.141 e. The molecule has 2 unspecified atom stereocenters. The smallest absolute Gasteiger partial charge is 0.0722 e. The molecule has 0 saturated heterocycles. The molecule has 0 fully saturated rings. The van der Waals surface area contributed by atoms with Crippen LogP contribution < -0.4 is 0 Å². The first-order valence-corrected chi connectivity index (χ1v) is 13.1. The quantitative estimate of drug-likeness (QED) is 0.513. The molecule has 0 bridgehead atoms. The number of hydrogen-bond acceptors (Lipinski definition) is 2. The van der Waals surface area contributed by atoms with Crippen molar-refractivity contribution in [3.8, 4) is 0 Å². The van der Waals surface area contributed by atoms with Gasteiger partial charge in [0.05, 0.1) is 8.07 Å². The molecule has 0 N–H and O–H groups in total. The predicted molar refractivity (Wildman–Crippen MR) is 108 cm³/mol. The standard InChI is InChI=1S/C20H24S2Si/c1-11-7-17-15(9-13(3)21-17)19(11)23(5,6)20-12(2)8-18-16(20)10-14(4)22-18/h7-10,19-20H,1-6H3. The molecular formula is C20H24S2Si. The van der Waals surface area contributed by atoms with Gasteiger partial charge in [0.25, 0.3) is 0 Å². The minimum atomic E-state index is -1.56. The van der Waals surface area contributed by atoms with Crippen molar-refractivity contribution in [1.82, 2.24) is 0 Å². The van der Waals surface area contributed by atoms with Crippen molar-refractivity contribution in [3.63, 3.8) is 0 Å². The van der Waals surface area contributed by atoms with Gasteiger partial charge in [-0.25, -0.2) is 0 Å². The molecule has 4 rings (SSSR count). The number of allylic oxidation sites excluding steroid dienone is 2. The third-order valence-corrected chi connectivity index (χ3v) is 12.1. The lowest BCUT2D eigenvalue weighted by atomic mass is 10.1. The van der Waals surface area contributed by atoms with E-state index in [4.69, 9.17) is 0 Å². The predicted octanol–water partition coefficient (Wildman–Crippen LogP) is 6.91. The zero-order valence-electron chi connectivity index (χ0n) is 14.8. The van der Waals surface area contributed by atoms with Crippen LogP contribution in [-0.2, 0) is 0 Å².